The van der Waals surface area contributed by atoms with Crippen LogP contribution in [-0.4, -0.2) is 6.61 Å². The Balaban J connectivity index is 1.72. The summed E-state index contributed by atoms with van der Waals surface area (Å²) < 4.78 is 25.7. The minimum Gasteiger partial charge on any atom is -0.490 e. The first-order valence-corrected chi connectivity index (χ1v) is 10.0. The summed E-state index contributed by atoms with van der Waals surface area (Å²) in [5, 5.41) is 3.93. The molecule has 0 unspecified atom stereocenters. The van der Waals surface area contributed by atoms with Crippen LogP contribution >= 0.6 is 27.5 Å². The molecule has 0 aliphatic rings. The summed E-state index contributed by atoms with van der Waals surface area (Å²) in [5.41, 5.74) is 2.76. The Kier molecular flexibility index (Phi) is 7.18. The third kappa shape index (κ3) is 5.63. The van der Waals surface area contributed by atoms with Gasteiger partial charge in [-0.15, -0.1) is 0 Å². The highest BCUT2D eigenvalue weighted by Gasteiger charge is 2.12. The topological polar surface area (TPSA) is 30.5 Å². The molecule has 28 heavy (non-hydrogen) atoms. The van der Waals surface area contributed by atoms with E-state index in [0.29, 0.717) is 36.3 Å². The molecular formula is C22H20BrClFNO2. The van der Waals surface area contributed by atoms with Crippen molar-refractivity contribution in [2.45, 2.75) is 20.1 Å². The highest BCUT2D eigenvalue weighted by atomic mass is 79.9. The molecule has 0 saturated carbocycles. The number of anilines is 1. The Bertz CT molecular complexity index is 917. The first kappa shape index (κ1) is 20.5. The van der Waals surface area contributed by atoms with Gasteiger partial charge in [0, 0.05) is 27.8 Å². The Morgan fingerprint density at radius 1 is 0.964 bits per heavy atom. The zero-order valence-corrected chi connectivity index (χ0v) is 17.7. The molecule has 0 bridgehead atoms. The zero-order valence-electron chi connectivity index (χ0n) is 15.3. The van der Waals surface area contributed by atoms with E-state index < -0.39 is 0 Å². The van der Waals surface area contributed by atoms with Gasteiger partial charge >= 0.3 is 0 Å². The van der Waals surface area contributed by atoms with E-state index >= 15 is 0 Å². The van der Waals surface area contributed by atoms with Crippen LogP contribution < -0.4 is 14.8 Å². The van der Waals surface area contributed by atoms with E-state index in [1.807, 2.05) is 37.3 Å². The number of hydrogen-bond donors (Lipinski definition) is 1. The Morgan fingerprint density at radius 2 is 1.64 bits per heavy atom. The van der Waals surface area contributed by atoms with Crippen molar-refractivity contribution in [3.63, 3.8) is 0 Å². The van der Waals surface area contributed by atoms with Gasteiger partial charge in [0.15, 0.2) is 11.5 Å². The summed E-state index contributed by atoms with van der Waals surface area (Å²) in [7, 11) is 0. The maximum Gasteiger partial charge on any atom is 0.163 e. The number of rotatable bonds is 8. The quantitative estimate of drug-likeness (QED) is 0.396. The molecule has 0 aromatic heterocycles. The third-order valence-corrected chi connectivity index (χ3v) is 4.93. The normalized spacial score (nSPS) is 10.6. The van der Waals surface area contributed by atoms with Crippen molar-refractivity contribution in [3.8, 4) is 11.5 Å². The minimum absolute atomic E-state index is 0.274. The Morgan fingerprint density at radius 3 is 2.32 bits per heavy atom. The number of benzene rings is 3. The summed E-state index contributed by atoms with van der Waals surface area (Å²) in [6.07, 6.45) is 0. The molecule has 0 radical (unpaired) electrons. The number of nitrogens with one attached hydrogen (secondary N) is 1. The van der Waals surface area contributed by atoms with Crippen LogP contribution in [0.3, 0.4) is 0 Å². The van der Waals surface area contributed by atoms with Gasteiger partial charge in [-0.1, -0.05) is 39.7 Å². The highest BCUT2D eigenvalue weighted by Crippen LogP contribution is 2.34. The van der Waals surface area contributed by atoms with Gasteiger partial charge in [0.2, 0.25) is 0 Å². The van der Waals surface area contributed by atoms with Crippen molar-refractivity contribution < 1.29 is 13.9 Å². The van der Waals surface area contributed by atoms with E-state index in [-0.39, 0.29) is 5.82 Å². The molecule has 0 atom stereocenters. The monoisotopic (exact) mass is 463 g/mol. The molecule has 1 N–H and O–H groups in total. The van der Waals surface area contributed by atoms with E-state index in [4.69, 9.17) is 21.1 Å². The molecule has 0 amide bonds. The largest absolute Gasteiger partial charge is 0.490 e. The van der Waals surface area contributed by atoms with E-state index in [0.717, 1.165) is 21.3 Å². The second kappa shape index (κ2) is 9.80. The average molecular weight is 465 g/mol. The summed E-state index contributed by atoms with van der Waals surface area (Å²) in [6.45, 7) is 3.28. The lowest BCUT2D eigenvalue weighted by atomic mass is 10.2. The van der Waals surface area contributed by atoms with Crippen molar-refractivity contribution in [3.05, 3.63) is 87.1 Å². The summed E-state index contributed by atoms with van der Waals surface area (Å²) in [6, 6.07) is 17.8. The molecule has 0 aliphatic carbocycles. The average Bonchev–Trinajstić information content (AvgIpc) is 2.69. The lowest BCUT2D eigenvalue weighted by Gasteiger charge is -2.16. The van der Waals surface area contributed by atoms with Gasteiger partial charge in [0.05, 0.1) is 6.61 Å². The van der Waals surface area contributed by atoms with E-state index in [2.05, 4.69) is 21.2 Å². The molecule has 0 fully saturated rings. The Labute approximate surface area is 177 Å². The predicted molar refractivity (Wildman–Crippen MR) is 115 cm³/mol. The van der Waals surface area contributed by atoms with Crippen LogP contribution in [0, 0.1) is 5.82 Å². The maximum atomic E-state index is 13.0. The molecule has 146 valence electrons. The summed E-state index contributed by atoms with van der Waals surface area (Å²) >= 11 is 9.89. The molecule has 3 aromatic carbocycles. The van der Waals surface area contributed by atoms with Gasteiger partial charge in [-0.05, 0) is 60.5 Å². The fourth-order valence-electron chi connectivity index (χ4n) is 2.60. The van der Waals surface area contributed by atoms with Crippen molar-refractivity contribution >= 4 is 33.2 Å². The summed E-state index contributed by atoms with van der Waals surface area (Å²) in [5.74, 6) is 0.912. The smallest absolute Gasteiger partial charge is 0.163 e. The van der Waals surface area contributed by atoms with Crippen LogP contribution in [0.25, 0.3) is 0 Å². The number of ether oxygens (including phenoxy) is 2. The number of halogens is 3. The molecule has 0 aliphatic heterocycles. The standard InChI is InChI=1S/C22H20BrClFNO2/c1-2-27-21-11-16(13-26-19-9-5-17(23)6-10-19)20(24)12-22(21)28-14-15-3-7-18(25)8-4-15/h3-12,26H,2,13-14H2,1H3. The van der Waals surface area contributed by atoms with Crippen LogP contribution in [0.1, 0.15) is 18.1 Å². The minimum atomic E-state index is -0.274. The molecule has 0 saturated heterocycles. The van der Waals surface area contributed by atoms with Crippen LogP contribution in [0.5, 0.6) is 11.5 Å². The second-order valence-electron chi connectivity index (χ2n) is 6.10. The van der Waals surface area contributed by atoms with E-state index in [1.165, 1.54) is 12.1 Å². The van der Waals surface area contributed by atoms with Crippen LogP contribution in [0.2, 0.25) is 5.02 Å². The van der Waals surface area contributed by atoms with Gasteiger partial charge in [-0.3, -0.25) is 0 Å². The summed E-state index contributed by atoms with van der Waals surface area (Å²) in [4.78, 5) is 0. The molecular weight excluding hydrogens is 445 g/mol. The van der Waals surface area contributed by atoms with E-state index in [1.54, 1.807) is 18.2 Å². The predicted octanol–water partition coefficient (Wildman–Crippen LogP) is 6.83. The van der Waals surface area contributed by atoms with Gasteiger partial charge in [0.25, 0.3) is 0 Å². The fraction of sp³-hybridized carbons (Fsp3) is 0.182. The molecule has 3 rings (SSSR count). The molecule has 0 spiro atoms. The lowest BCUT2D eigenvalue weighted by molar-refractivity contribution is 0.269. The van der Waals surface area contributed by atoms with Crippen LogP contribution in [0.15, 0.2) is 65.1 Å². The van der Waals surface area contributed by atoms with Crippen molar-refractivity contribution in [2.24, 2.45) is 0 Å². The zero-order chi connectivity index (χ0) is 19.9. The van der Waals surface area contributed by atoms with Crippen LogP contribution in [0.4, 0.5) is 10.1 Å². The highest BCUT2D eigenvalue weighted by molar-refractivity contribution is 9.10. The first-order valence-electron chi connectivity index (χ1n) is 8.87. The van der Waals surface area contributed by atoms with Crippen LogP contribution in [-0.2, 0) is 13.2 Å². The molecule has 6 heteroatoms. The van der Waals surface area contributed by atoms with Gasteiger partial charge in [0.1, 0.15) is 12.4 Å². The molecule has 3 aromatic rings. The fourth-order valence-corrected chi connectivity index (χ4v) is 3.09. The van der Waals surface area contributed by atoms with Crippen molar-refractivity contribution in [2.75, 3.05) is 11.9 Å². The van der Waals surface area contributed by atoms with Crippen molar-refractivity contribution in [1.29, 1.82) is 0 Å². The lowest BCUT2D eigenvalue weighted by Crippen LogP contribution is -2.04. The molecule has 3 nitrogen and oxygen atoms in total. The first-order chi connectivity index (χ1) is 13.5. The van der Waals surface area contributed by atoms with E-state index in [9.17, 15) is 4.39 Å². The third-order valence-electron chi connectivity index (χ3n) is 4.05. The van der Waals surface area contributed by atoms with Gasteiger partial charge < -0.3 is 14.8 Å². The number of hydrogen-bond acceptors (Lipinski definition) is 3. The van der Waals surface area contributed by atoms with Gasteiger partial charge in [-0.25, -0.2) is 4.39 Å². The second-order valence-corrected chi connectivity index (χ2v) is 7.42. The maximum absolute atomic E-state index is 13.0. The van der Waals surface area contributed by atoms with Gasteiger partial charge in [-0.2, -0.15) is 0 Å². The Hall–Kier alpha value is -2.24. The van der Waals surface area contributed by atoms with Crippen molar-refractivity contribution in [1.82, 2.24) is 0 Å². The molecule has 0 heterocycles. The SMILES string of the molecule is CCOc1cc(CNc2ccc(Br)cc2)c(Cl)cc1OCc1ccc(F)cc1.